The summed E-state index contributed by atoms with van der Waals surface area (Å²) >= 11 is 1.62. The van der Waals surface area contributed by atoms with Gasteiger partial charge in [0.1, 0.15) is 5.84 Å². The molecule has 2 nitrogen and oxygen atoms in total. The minimum atomic E-state index is 0.648. The van der Waals surface area contributed by atoms with Gasteiger partial charge in [0.05, 0.1) is 4.88 Å². The Morgan fingerprint density at radius 2 is 2.17 bits per heavy atom. The smallest absolute Gasteiger partial charge is 0.138 e. The zero-order chi connectivity index (χ0) is 8.97. The van der Waals surface area contributed by atoms with Gasteiger partial charge in [0.25, 0.3) is 0 Å². The van der Waals surface area contributed by atoms with Crippen molar-refractivity contribution in [3.05, 3.63) is 22.4 Å². The average molecular weight is 182 g/mol. The van der Waals surface area contributed by atoms with Gasteiger partial charge in [0.2, 0.25) is 0 Å². The summed E-state index contributed by atoms with van der Waals surface area (Å²) in [6, 6.07) is 3.98. The third kappa shape index (κ3) is 1.85. The molecule has 1 rings (SSSR count). The highest BCUT2D eigenvalue weighted by Crippen LogP contribution is 2.11. The summed E-state index contributed by atoms with van der Waals surface area (Å²) in [5, 5.41) is 9.85. The van der Waals surface area contributed by atoms with E-state index in [2.05, 4.69) is 13.8 Å². The van der Waals surface area contributed by atoms with Crippen LogP contribution in [0.4, 0.5) is 0 Å². The largest absolute Gasteiger partial charge is 0.356 e. The molecule has 0 fully saturated rings. The minimum Gasteiger partial charge on any atom is -0.356 e. The Kier molecular flexibility index (Phi) is 3.29. The zero-order valence-electron chi connectivity index (χ0n) is 7.50. The Labute approximate surface area is 77.3 Å². The molecule has 1 aromatic rings. The predicted molar refractivity (Wildman–Crippen MR) is 54.1 cm³/mol. The van der Waals surface area contributed by atoms with E-state index in [-0.39, 0.29) is 0 Å². The van der Waals surface area contributed by atoms with Crippen LogP contribution in [0.3, 0.4) is 0 Å². The summed E-state index contributed by atoms with van der Waals surface area (Å²) in [6.45, 7) is 5.97. The SMILES string of the molecule is CCN(CC)C(=N)c1cccs1. The van der Waals surface area contributed by atoms with Gasteiger partial charge in [-0.3, -0.25) is 5.41 Å². The lowest BCUT2D eigenvalue weighted by Crippen LogP contribution is -2.29. The molecule has 0 atom stereocenters. The van der Waals surface area contributed by atoms with Crippen molar-refractivity contribution in [3.63, 3.8) is 0 Å². The van der Waals surface area contributed by atoms with Gasteiger partial charge in [0.15, 0.2) is 0 Å². The molecular formula is C9H14N2S. The highest BCUT2D eigenvalue weighted by molar-refractivity contribution is 7.12. The van der Waals surface area contributed by atoms with Crippen LogP contribution in [0.15, 0.2) is 17.5 Å². The minimum absolute atomic E-state index is 0.648. The summed E-state index contributed by atoms with van der Waals surface area (Å²) in [7, 11) is 0. The molecule has 1 aromatic heterocycles. The van der Waals surface area contributed by atoms with E-state index in [0.717, 1.165) is 18.0 Å². The van der Waals surface area contributed by atoms with E-state index in [0.29, 0.717) is 5.84 Å². The molecule has 12 heavy (non-hydrogen) atoms. The van der Waals surface area contributed by atoms with Crippen molar-refractivity contribution in [1.29, 1.82) is 5.41 Å². The van der Waals surface area contributed by atoms with Gasteiger partial charge < -0.3 is 4.90 Å². The quantitative estimate of drug-likeness (QED) is 0.564. The zero-order valence-corrected chi connectivity index (χ0v) is 8.32. The fraction of sp³-hybridized carbons (Fsp3) is 0.444. The maximum absolute atomic E-state index is 7.84. The molecule has 0 saturated carbocycles. The van der Waals surface area contributed by atoms with Crippen LogP contribution in [0.2, 0.25) is 0 Å². The van der Waals surface area contributed by atoms with Crippen LogP contribution >= 0.6 is 11.3 Å². The fourth-order valence-electron chi connectivity index (χ4n) is 1.11. The molecule has 66 valence electrons. The van der Waals surface area contributed by atoms with Gasteiger partial charge >= 0.3 is 0 Å². The average Bonchev–Trinajstić information content (AvgIpc) is 2.58. The van der Waals surface area contributed by atoms with Crippen molar-refractivity contribution in [2.75, 3.05) is 13.1 Å². The van der Waals surface area contributed by atoms with Crippen LogP contribution in [0.1, 0.15) is 18.7 Å². The van der Waals surface area contributed by atoms with Crippen LogP contribution in [-0.2, 0) is 0 Å². The van der Waals surface area contributed by atoms with Gasteiger partial charge in [-0.05, 0) is 25.3 Å². The highest BCUT2D eigenvalue weighted by Gasteiger charge is 2.07. The Morgan fingerprint density at radius 1 is 1.50 bits per heavy atom. The second-order valence-corrected chi connectivity index (χ2v) is 3.45. The van der Waals surface area contributed by atoms with Crippen molar-refractivity contribution in [3.8, 4) is 0 Å². The lowest BCUT2D eigenvalue weighted by Gasteiger charge is -2.20. The molecule has 0 spiro atoms. The van der Waals surface area contributed by atoms with E-state index in [9.17, 15) is 0 Å². The van der Waals surface area contributed by atoms with Gasteiger partial charge in [-0.1, -0.05) is 6.07 Å². The number of hydrogen-bond donors (Lipinski definition) is 1. The Balaban J connectivity index is 2.70. The van der Waals surface area contributed by atoms with Gasteiger partial charge in [-0.25, -0.2) is 0 Å². The van der Waals surface area contributed by atoms with Gasteiger partial charge in [-0.2, -0.15) is 0 Å². The summed E-state index contributed by atoms with van der Waals surface area (Å²) in [4.78, 5) is 3.10. The van der Waals surface area contributed by atoms with E-state index in [1.165, 1.54) is 0 Å². The van der Waals surface area contributed by atoms with Crippen LogP contribution in [0.25, 0.3) is 0 Å². The van der Waals surface area contributed by atoms with E-state index in [4.69, 9.17) is 5.41 Å². The Morgan fingerprint density at radius 3 is 2.58 bits per heavy atom. The molecule has 0 aromatic carbocycles. The van der Waals surface area contributed by atoms with Gasteiger partial charge in [-0.15, -0.1) is 11.3 Å². The molecule has 1 heterocycles. The molecule has 0 radical (unpaired) electrons. The first-order valence-corrected chi connectivity index (χ1v) is 5.05. The molecule has 0 unspecified atom stereocenters. The Bertz CT molecular complexity index is 237. The normalized spacial score (nSPS) is 9.83. The highest BCUT2D eigenvalue weighted by atomic mass is 32.1. The molecule has 0 aliphatic carbocycles. The lowest BCUT2D eigenvalue weighted by molar-refractivity contribution is 0.464. The third-order valence-corrected chi connectivity index (χ3v) is 2.71. The molecule has 3 heteroatoms. The lowest BCUT2D eigenvalue weighted by atomic mass is 10.4. The number of hydrogen-bond acceptors (Lipinski definition) is 2. The summed E-state index contributed by atoms with van der Waals surface area (Å²) in [6.07, 6.45) is 0. The maximum atomic E-state index is 7.84. The van der Waals surface area contributed by atoms with E-state index in [1.54, 1.807) is 11.3 Å². The topological polar surface area (TPSA) is 27.1 Å². The summed E-state index contributed by atoms with van der Waals surface area (Å²) in [5.41, 5.74) is 0. The number of amidine groups is 1. The Hall–Kier alpha value is -0.830. The number of thiophene rings is 1. The molecule has 0 bridgehead atoms. The van der Waals surface area contributed by atoms with Crippen molar-refractivity contribution in [2.45, 2.75) is 13.8 Å². The van der Waals surface area contributed by atoms with E-state index in [1.807, 2.05) is 22.4 Å². The second kappa shape index (κ2) is 4.26. The van der Waals surface area contributed by atoms with E-state index < -0.39 is 0 Å². The van der Waals surface area contributed by atoms with E-state index >= 15 is 0 Å². The predicted octanol–water partition coefficient (Wildman–Crippen LogP) is 2.42. The van der Waals surface area contributed by atoms with Gasteiger partial charge in [0, 0.05) is 13.1 Å². The summed E-state index contributed by atoms with van der Waals surface area (Å²) in [5.74, 6) is 0.648. The number of rotatable bonds is 3. The number of nitrogens with zero attached hydrogens (tertiary/aromatic N) is 1. The standard InChI is InChI=1S/C9H14N2S/c1-3-11(4-2)9(10)8-6-5-7-12-8/h5-7,10H,3-4H2,1-2H3. The van der Waals surface area contributed by atoms with Crippen LogP contribution < -0.4 is 0 Å². The van der Waals surface area contributed by atoms with Crippen LogP contribution in [0.5, 0.6) is 0 Å². The van der Waals surface area contributed by atoms with Crippen molar-refractivity contribution in [1.82, 2.24) is 4.90 Å². The number of nitrogens with one attached hydrogen (secondary N) is 1. The third-order valence-electron chi connectivity index (χ3n) is 1.83. The molecule has 0 amide bonds. The first kappa shape index (κ1) is 9.26. The van der Waals surface area contributed by atoms with Crippen molar-refractivity contribution < 1.29 is 0 Å². The first-order chi connectivity index (χ1) is 5.79. The molecule has 0 aliphatic heterocycles. The maximum Gasteiger partial charge on any atom is 0.138 e. The van der Waals surface area contributed by atoms with Crippen molar-refractivity contribution >= 4 is 17.2 Å². The molecular weight excluding hydrogens is 168 g/mol. The summed E-state index contributed by atoms with van der Waals surface area (Å²) < 4.78 is 0. The molecule has 0 saturated heterocycles. The first-order valence-electron chi connectivity index (χ1n) is 4.17. The molecule has 0 aliphatic rings. The second-order valence-electron chi connectivity index (χ2n) is 2.50. The van der Waals surface area contributed by atoms with Crippen molar-refractivity contribution in [2.24, 2.45) is 0 Å². The van der Waals surface area contributed by atoms with Crippen LogP contribution in [-0.4, -0.2) is 23.8 Å². The monoisotopic (exact) mass is 182 g/mol. The van der Waals surface area contributed by atoms with Crippen LogP contribution in [0, 0.1) is 5.41 Å². The molecule has 1 N–H and O–H groups in total. The fourth-order valence-corrected chi connectivity index (χ4v) is 1.81.